The third kappa shape index (κ3) is 11.2. The lowest BCUT2D eigenvalue weighted by Gasteiger charge is -2.40. The fourth-order valence-electron chi connectivity index (χ4n) is 18.9. The number of para-hydroxylation sites is 1. The first-order valence-electron chi connectivity index (χ1n) is 40.3. The van der Waals surface area contributed by atoms with Crippen molar-refractivity contribution < 1.29 is 9.47 Å². The highest BCUT2D eigenvalue weighted by atomic mass is 16.5. The lowest BCUT2D eigenvalue weighted by molar-refractivity contribution is 0.436. The maximum atomic E-state index is 7.27. The Balaban J connectivity index is 0.564. The lowest BCUT2D eigenvalue weighted by atomic mass is 9.65. The number of rotatable bonds is 12. The van der Waals surface area contributed by atoms with Crippen LogP contribution in [0.2, 0.25) is 0 Å². The van der Waals surface area contributed by atoms with Gasteiger partial charge in [-0.3, -0.25) is 0 Å². The second kappa shape index (κ2) is 27.7. The summed E-state index contributed by atoms with van der Waals surface area (Å²) in [6.45, 7) is 0. The van der Waals surface area contributed by atoms with Gasteiger partial charge in [0.25, 0.3) is 0 Å². The molecule has 0 bridgehead atoms. The lowest BCUT2D eigenvalue weighted by Crippen LogP contribution is -2.32. The monoisotopic (exact) mass is 1500 g/mol. The predicted molar refractivity (Wildman–Crippen MR) is 478 cm³/mol. The van der Waals surface area contributed by atoms with Crippen LogP contribution in [0.15, 0.2) is 425 Å². The molecule has 6 heteroatoms. The minimum Gasteiger partial charge on any atom is -0.457 e. The molecule has 4 heterocycles. The van der Waals surface area contributed by atoms with E-state index in [0.29, 0.717) is 11.6 Å². The Hall–Kier alpha value is -15.5. The summed E-state index contributed by atoms with van der Waals surface area (Å²) in [7, 11) is 0. The van der Waals surface area contributed by atoms with Gasteiger partial charge in [-0.2, -0.15) is 0 Å². The molecule has 0 N–H and O–H groups in total. The molecule has 23 rings (SSSR count). The summed E-state index contributed by atoms with van der Waals surface area (Å²) in [5, 5.41) is 0. The average molecular weight is 1500 g/mol. The van der Waals surface area contributed by atoms with Gasteiger partial charge >= 0.3 is 0 Å². The maximum Gasteiger partial charge on any atom is 0.160 e. The Morgan fingerprint density at radius 2 is 0.398 bits per heavy atom. The van der Waals surface area contributed by atoms with Crippen molar-refractivity contribution in [2.24, 2.45) is 0 Å². The maximum absolute atomic E-state index is 7.27. The van der Waals surface area contributed by atoms with E-state index in [1.54, 1.807) is 0 Å². The van der Waals surface area contributed by atoms with Gasteiger partial charge in [-0.25, -0.2) is 19.9 Å². The number of benzene rings is 17. The van der Waals surface area contributed by atoms with Crippen molar-refractivity contribution in [1.29, 1.82) is 0 Å². The minimum atomic E-state index is -0.684. The molecule has 0 saturated carbocycles. The summed E-state index contributed by atoms with van der Waals surface area (Å²) in [5.41, 5.74) is 35.7. The first-order valence-corrected chi connectivity index (χ1v) is 40.3. The van der Waals surface area contributed by atoms with Gasteiger partial charge in [-0.05, 0) is 172 Å². The summed E-state index contributed by atoms with van der Waals surface area (Å²) < 4.78 is 14.1. The molecule has 4 aliphatic rings. The molecule has 550 valence electrons. The van der Waals surface area contributed by atoms with Crippen molar-refractivity contribution in [2.75, 3.05) is 0 Å². The topological polar surface area (TPSA) is 70.0 Å². The van der Waals surface area contributed by atoms with Crippen LogP contribution in [0.5, 0.6) is 23.0 Å². The summed E-state index contributed by atoms with van der Waals surface area (Å²) >= 11 is 0. The highest BCUT2D eigenvalue weighted by molar-refractivity contribution is 5.93. The van der Waals surface area contributed by atoms with Crippen molar-refractivity contribution in [3.63, 3.8) is 0 Å². The molecule has 2 aromatic heterocycles. The van der Waals surface area contributed by atoms with E-state index in [0.717, 1.165) is 168 Å². The molecule has 0 saturated heterocycles. The molecular weight excluding hydrogens is 1430 g/mol. The number of hydrogen-bond donors (Lipinski definition) is 0. The van der Waals surface area contributed by atoms with Crippen LogP contribution in [0.4, 0.5) is 0 Å². The van der Waals surface area contributed by atoms with E-state index in [4.69, 9.17) is 29.4 Å². The molecule has 0 fully saturated rings. The van der Waals surface area contributed by atoms with Gasteiger partial charge in [0.2, 0.25) is 0 Å². The first-order chi connectivity index (χ1) is 58.4. The second-order valence-electron chi connectivity index (χ2n) is 31.0. The molecule has 17 aromatic carbocycles. The molecule has 2 aliphatic carbocycles. The van der Waals surface area contributed by atoms with Crippen molar-refractivity contribution in [3.05, 3.63) is 469 Å². The molecule has 19 aromatic rings. The van der Waals surface area contributed by atoms with E-state index in [1.165, 1.54) is 44.5 Å². The van der Waals surface area contributed by atoms with Crippen molar-refractivity contribution >= 4 is 0 Å². The number of aromatic nitrogens is 4. The minimum absolute atomic E-state index is 0.563. The zero-order valence-electron chi connectivity index (χ0n) is 64.0. The summed E-state index contributed by atoms with van der Waals surface area (Å²) in [4.78, 5) is 21.2. The molecule has 6 nitrogen and oxygen atoms in total. The number of nitrogens with zero attached hydrogens (tertiary/aromatic N) is 4. The van der Waals surface area contributed by atoms with E-state index < -0.39 is 10.8 Å². The third-order valence-electron chi connectivity index (χ3n) is 24.5. The molecular formula is C112H70N4O2. The Labute approximate surface area is 684 Å². The van der Waals surface area contributed by atoms with Gasteiger partial charge in [0.1, 0.15) is 23.0 Å². The van der Waals surface area contributed by atoms with Gasteiger partial charge < -0.3 is 9.47 Å². The summed E-state index contributed by atoms with van der Waals surface area (Å²) in [6, 6.07) is 152. The van der Waals surface area contributed by atoms with E-state index in [1.807, 2.05) is 18.2 Å². The molecule has 0 radical (unpaired) electrons. The van der Waals surface area contributed by atoms with Crippen LogP contribution in [0.25, 0.3) is 157 Å². The van der Waals surface area contributed by atoms with Crippen molar-refractivity contribution in [1.82, 2.24) is 19.9 Å². The van der Waals surface area contributed by atoms with E-state index in [-0.39, 0.29) is 0 Å². The third-order valence-corrected chi connectivity index (χ3v) is 24.5. The highest BCUT2D eigenvalue weighted by Crippen LogP contribution is 2.65. The van der Waals surface area contributed by atoms with Gasteiger partial charge in [-0.15, -0.1) is 0 Å². The SMILES string of the molecule is c1ccc(-c2ccc(-c3nc(-c4ccc(-c5cccc(-c6ccc7c(c6)Oc6ccc(-c8ccc(-c9cc(-c%10cccc(-c%11ccccc%11)c%10)nc(-c%10ccccc%10)n9)cc8)cc6C76c7ccccc7-c7ccccc76)c5)cc4)cc(-c4ccc(-c5ccc6c(c5)C5(c7ccccc7O6)c6ccccc6-c6ccccc65)cc4)n3)cc2)cc1. The van der Waals surface area contributed by atoms with E-state index >= 15 is 0 Å². The Bertz CT molecular complexity index is 7110. The largest absolute Gasteiger partial charge is 0.457 e. The fraction of sp³-hybridized carbons (Fsp3) is 0.0179. The summed E-state index contributed by atoms with van der Waals surface area (Å²) in [5.74, 6) is 4.72. The quantitative estimate of drug-likeness (QED) is 0.121. The van der Waals surface area contributed by atoms with Crippen LogP contribution in [-0.4, -0.2) is 19.9 Å². The van der Waals surface area contributed by atoms with Crippen LogP contribution in [0.3, 0.4) is 0 Å². The van der Waals surface area contributed by atoms with Crippen LogP contribution in [0, 0.1) is 0 Å². The second-order valence-corrected chi connectivity index (χ2v) is 31.0. The average Bonchev–Trinajstić information content (AvgIpc) is 1.50. The number of fused-ring (bicyclic) bond motifs is 18. The van der Waals surface area contributed by atoms with Crippen LogP contribution >= 0.6 is 0 Å². The molecule has 118 heavy (non-hydrogen) atoms. The number of ether oxygens (including phenoxy) is 2. The van der Waals surface area contributed by atoms with Crippen LogP contribution in [-0.2, 0) is 10.8 Å². The Morgan fingerprint density at radius 1 is 0.144 bits per heavy atom. The zero-order valence-corrected chi connectivity index (χ0v) is 64.0. The normalized spacial score (nSPS) is 13.0. The van der Waals surface area contributed by atoms with Crippen molar-refractivity contribution in [2.45, 2.75) is 10.8 Å². The smallest absolute Gasteiger partial charge is 0.160 e. The number of hydrogen-bond acceptors (Lipinski definition) is 6. The predicted octanol–water partition coefficient (Wildman–Crippen LogP) is 28.2. The molecule has 0 atom stereocenters. The van der Waals surface area contributed by atoms with Gasteiger partial charge in [-0.1, -0.05) is 364 Å². The van der Waals surface area contributed by atoms with Crippen LogP contribution < -0.4 is 9.47 Å². The van der Waals surface area contributed by atoms with Gasteiger partial charge in [0.05, 0.1) is 33.6 Å². The Morgan fingerprint density at radius 3 is 0.847 bits per heavy atom. The first kappa shape index (κ1) is 68.1. The molecule has 0 amide bonds. The van der Waals surface area contributed by atoms with Gasteiger partial charge in [0.15, 0.2) is 11.6 Å². The molecule has 2 aliphatic heterocycles. The van der Waals surface area contributed by atoms with Gasteiger partial charge in [0, 0.05) is 55.6 Å². The van der Waals surface area contributed by atoms with Crippen molar-refractivity contribution in [3.8, 4) is 180 Å². The zero-order chi connectivity index (χ0) is 77.8. The standard InChI is InChI=1S/C112H70N4O2/c1-4-22-71(23-5-1)73-48-56-81(57-49-73)110-114-101(69-102(115-110)78-52-44-75(45-53-78)85-59-62-106-99(66-85)111(97-40-18-19-41-105(97)117-106)93-36-14-10-32-89(93)90-33-11-15-37-94(90)111)77-50-42-74(43-51-77)82-28-20-30-84(64-82)87-58-61-98-108(68-87)118-107-63-60-86(67-100(107)112(98)95-38-16-12-34-91(95)92-35-13-17-39-96(92)112)76-46-54-79(55-47-76)103-70-104(116-109(113-103)80-26-8-3-9-27-80)88-31-21-29-83(65-88)72-24-6-2-7-25-72/h1-70H. The highest BCUT2D eigenvalue weighted by Gasteiger charge is 2.53. The van der Waals surface area contributed by atoms with E-state index in [2.05, 4.69) is 406 Å². The molecule has 0 unspecified atom stereocenters. The Kier molecular flexibility index (Phi) is 16.0. The molecule has 2 spiro atoms. The van der Waals surface area contributed by atoms with Crippen LogP contribution in [0.1, 0.15) is 44.5 Å². The fourth-order valence-corrected chi connectivity index (χ4v) is 18.9. The van der Waals surface area contributed by atoms with E-state index in [9.17, 15) is 0 Å². The summed E-state index contributed by atoms with van der Waals surface area (Å²) in [6.07, 6.45) is 0.